The topological polar surface area (TPSA) is 70.5 Å². The van der Waals surface area contributed by atoms with Crippen molar-refractivity contribution in [1.29, 1.82) is 0 Å². The Bertz CT molecular complexity index is 617. The molecule has 0 bridgehead atoms. The lowest BCUT2D eigenvalue weighted by Crippen LogP contribution is -2.51. The molecule has 1 aliphatic heterocycles. The molecular weight excluding hydrogens is 318 g/mol. The van der Waals surface area contributed by atoms with Crippen LogP contribution in [0.1, 0.15) is 52.1 Å². The summed E-state index contributed by atoms with van der Waals surface area (Å²) in [6.45, 7) is 9.54. The smallest absolute Gasteiger partial charge is 0.318 e. The molecule has 2 rings (SSSR count). The van der Waals surface area contributed by atoms with Crippen LogP contribution in [-0.4, -0.2) is 64.5 Å². The molecule has 3 amide bonds. The van der Waals surface area contributed by atoms with Gasteiger partial charge in [0, 0.05) is 50.5 Å². The first-order valence-corrected chi connectivity index (χ1v) is 8.90. The second kappa shape index (κ2) is 7.45. The number of amides is 3. The van der Waals surface area contributed by atoms with Crippen LogP contribution in [0, 0.1) is 0 Å². The van der Waals surface area contributed by atoms with Gasteiger partial charge in [-0.2, -0.15) is 0 Å². The number of nitrogens with one attached hydrogen (secondary N) is 1. The predicted octanol–water partition coefficient (Wildman–Crippen LogP) is 2.00. The van der Waals surface area contributed by atoms with Gasteiger partial charge in [-0.1, -0.05) is 0 Å². The molecule has 7 nitrogen and oxygen atoms in total. The Hall–Kier alpha value is -2.05. The Morgan fingerprint density at radius 2 is 2.04 bits per heavy atom. The maximum Gasteiger partial charge on any atom is 0.318 e. The van der Waals surface area contributed by atoms with Crippen LogP contribution in [0.2, 0.25) is 0 Å². The van der Waals surface area contributed by atoms with Gasteiger partial charge in [0.1, 0.15) is 6.04 Å². The van der Waals surface area contributed by atoms with E-state index in [2.05, 4.69) is 35.6 Å². The van der Waals surface area contributed by atoms with Gasteiger partial charge < -0.3 is 19.7 Å². The van der Waals surface area contributed by atoms with E-state index in [-0.39, 0.29) is 23.4 Å². The molecule has 0 saturated carbocycles. The fraction of sp³-hybridized carbons (Fsp3) is 0.722. The SMILES string of the molecule is C[C@H](NC(=O)N1CCCC(c2cncn2C(C)(C)C)C1)C(=O)N(C)C. The Labute approximate surface area is 150 Å². The molecule has 2 heterocycles. The largest absolute Gasteiger partial charge is 0.347 e. The molecule has 140 valence electrons. The standard InChI is InChI=1S/C18H31N5O2/c1-13(16(24)21(5)6)20-17(25)22-9-7-8-14(11-22)15-10-19-12-23(15)18(2,3)4/h10,12-14H,7-9,11H2,1-6H3,(H,20,25)/t13-,14?/m0/s1. The Kier molecular flexibility index (Phi) is 5.75. The lowest BCUT2D eigenvalue weighted by atomic mass is 9.94. The van der Waals surface area contributed by atoms with Gasteiger partial charge in [-0.15, -0.1) is 0 Å². The zero-order valence-electron chi connectivity index (χ0n) is 16.2. The minimum atomic E-state index is -0.525. The molecule has 1 unspecified atom stereocenters. The van der Waals surface area contributed by atoms with Crippen LogP contribution in [-0.2, 0) is 10.3 Å². The molecule has 7 heteroatoms. The number of likely N-dealkylation sites (N-methyl/N-ethyl adjacent to an activating group) is 1. The van der Waals surface area contributed by atoms with Gasteiger partial charge in [-0.25, -0.2) is 9.78 Å². The van der Waals surface area contributed by atoms with Crippen LogP contribution in [0.3, 0.4) is 0 Å². The van der Waals surface area contributed by atoms with Gasteiger partial charge in [-0.05, 0) is 40.5 Å². The summed E-state index contributed by atoms with van der Waals surface area (Å²) < 4.78 is 2.19. The predicted molar refractivity (Wildman–Crippen MR) is 97.5 cm³/mol. The molecule has 1 fully saturated rings. The van der Waals surface area contributed by atoms with Crippen molar-refractivity contribution in [2.24, 2.45) is 0 Å². The average molecular weight is 349 g/mol. The van der Waals surface area contributed by atoms with Gasteiger partial charge >= 0.3 is 6.03 Å². The summed E-state index contributed by atoms with van der Waals surface area (Å²) in [6.07, 6.45) is 5.77. The first kappa shape index (κ1) is 19.3. The van der Waals surface area contributed by atoms with Gasteiger partial charge in [0.05, 0.1) is 6.33 Å². The van der Waals surface area contributed by atoms with Crippen LogP contribution in [0.4, 0.5) is 4.79 Å². The summed E-state index contributed by atoms with van der Waals surface area (Å²) in [7, 11) is 3.38. The fourth-order valence-electron chi connectivity index (χ4n) is 3.30. The van der Waals surface area contributed by atoms with E-state index in [1.54, 1.807) is 21.0 Å². The summed E-state index contributed by atoms with van der Waals surface area (Å²) in [5.41, 5.74) is 1.13. The number of rotatable bonds is 3. The summed E-state index contributed by atoms with van der Waals surface area (Å²) >= 11 is 0. The lowest BCUT2D eigenvalue weighted by Gasteiger charge is -2.35. The minimum Gasteiger partial charge on any atom is -0.347 e. The fourth-order valence-corrected chi connectivity index (χ4v) is 3.30. The van der Waals surface area contributed by atoms with Crippen LogP contribution in [0.5, 0.6) is 0 Å². The molecule has 1 aromatic rings. The molecule has 0 aliphatic carbocycles. The van der Waals surface area contributed by atoms with Crippen molar-refractivity contribution in [1.82, 2.24) is 24.7 Å². The van der Waals surface area contributed by atoms with E-state index in [0.717, 1.165) is 19.4 Å². The monoisotopic (exact) mass is 349 g/mol. The molecule has 1 saturated heterocycles. The summed E-state index contributed by atoms with van der Waals surface area (Å²) in [5, 5.41) is 2.81. The maximum atomic E-state index is 12.6. The number of aromatic nitrogens is 2. The normalized spacial score (nSPS) is 19.4. The molecular formula is C18H31N5O2. The molecule has 0 radical (unpaired) electrons. The van der Waals surface area contributed by atoms with Crippen LogP contribution in [0.25, 0.3) is 0 Å². The molecule has 0 aromatic carbocycles. The van der Waals surface area contributed by atoms with E-state index in [9.17, 15) is 9.59 Å². The molecule has 1 N–H and O–H groups in total. The lowest BCUT2D eigenvalue weighted by molar-refractivity contribution is -0.130. The van der Waals surface area contributed by atoms with Crippen molar-refractivity contribution in [3.63, 3.8) is 0 Å². The van der Waals surface area contributed by atoms with Crippen molar-refractivity contribution in [3.05, 3.63) is 18.2 Å². The van der Waals surface area contributed by atoms with Crippen LogP contribution in [0.15, 0.2) is 12.5 Å². The van der Waals surface area contributed by atoms with Crippen molar-refractivity contribution in [2.75, 3.05) is 27.2 Å². The van der Waals surface area contributed by atoms with Gasteiger partial charge in [-0.3, -0.25) is 4.79 Å². The first-order chi connectivity index (χ1) is 11.6. The molecule has 25 heavy (non-hydrogen) atoms. The molecule has 1 aromatic heterocycles. The van der Waals surface area contributed by atoms with Crippen LogP contribution >= 0.6 is 0 Å². The van der Waals surface area contributed by atoms with Gasteiger partial charge in [0.15, 0.2) is 0 Å². The number of imidazole rings is 1. The first-order valence-electron chi connectivity index (χ1n) is 8.90. The van der Waals surface area contributed by atoms with Crippen molar-refractivity contribution >= 4 is 11.9 Å². The van der Waals surface area contributed by atoms with E-state index in [4.69, 9.17) is 0 Å². The zero-order chi connectivity index (χ0) is 18.8. The zero-order valence-corrected chi connectivity index (χ0v) is 16.2. The average Bonchev–Trinajstić information content (AvgIpc) is 3.04. The van der Waals surface area contributed by atoms with Gasteiger partial charge in [0.25, 0.3) is 0 Å². The number of likely N-dealkylation sites (tertiary alicyclic amines) is 1. The highest BCUT2D eigenvalue weighted by atomic mass is 16.2. The molecule has 2 atom stereocenters. The second-order valence-electron chi connectivity index (χ2n) is 8.05. The quantitative estimate of drug-likeness (QED) is 0.907. The molecule has 0 spiro atoms. The summed E-state index contributed by atoms with van der Waals surface area (Å²) in [5.74, 6) is 0.161. The Morgan fingerprint density at radius 1 is 1.36 bits per heavy atom. The highest BCUT2D eigenvalue weighted by Crippen LogP contribution is 2.30. The Balaban J connectivity index is 2.05. The van der Waals surface area contributed by atoms with E-state index in [0.29, 0.717) is 6.54 Å². The van der Waals surface area contributed by atoms with E-state index >= 15 is 0 Å². The van der Waals surface area contributed by atoms with E-state index in [1.165, 1.54) is 10.6 Å². The summed E-state index contributed by atoms with van der Waals surface area (Å²) in [6, 6.07) is -0.697. The number of carbonyl (C=O) groups is 2. The summed E-state index contributed by atoms with van der Waals surface area (Å²) in [4.78, 5) is 32.1. The van der Waals surface area contributed by atoms with Gasteiger partial charge in [0.2, 0.25) is 5.91 Å². The number of urea groups is 1. The van der Waals surface area contributed by atoms with E-state index in [1.807, 2.05) is 17.4 Å². The highest BCUT2D eigenvalue weighted by molar-refractivity contribution is 5.86. The third-order valence-electron chi connectivity index (χ3n) is 4.67. The minimum absolute atomic E-state index is 0.0387. The number of carbonyl (C=O) groups excluding carboxylic acids is 2. The van der Waals surface area contributed by atoms with Crippen molar-refractivity contribution < 1.29 is 9.59 Å². The van der Waals surface area contributed by atoms with Crippen LogP contribution < -0.4 is 5.32 Å². The highest BCUT2D eigenvalue weighted by Gasteiger charge is 2.30. The van der Waals surface area contributed by atoms with Crippen molar-refractivity contribution in [3.8, 4) is 0 Å². The van der Waals surface area contributed by atoms with Crippen molar-refractivity contribution in [2.45, 2.75) is 58.0 Å². The van der Waals surface area contributed by atoms with E-state index < -0.39 is 6.04 Å². The number of nitrogens with zero attached hydrogens (tertiary/aromatic N) is 4. The Morgan fingerprint density at radius 3 is 2.64 bits per heavy atom. The number of piperidine rings is 1. The second-order valence-corrected chi connectivity index (χ2v) is 8.05. The third kappa shape index (κ3) is 4.52. The number of hydrogen-bond acceptors (Lipinski definition) is 3. The number of hydrogen-bond donors (Lipinski definition) is 1. The maximum absolute atomic E-state index is 12.6. The molecule has 1 aliphatic rings. The third-order valence-corrected chi connectivity index (χ3v) is 4.67.